The standard InChI is InChI=1S/C28H32N4O2/c1-20-17-24(14-15-25(20)32-16-7-3-6-13-26(32)33)31-28(34)27(22-10-4-2-5-11-22)30-23-12-8-9-21(18-23)19-29/h2,4-5,8-12,14-15,17-18,27,30H,3,6-7,13,16,19,29H2,1H3,(H,31,34)/t27-/m0/s1. The number of benzene rings is 3. The minimum absolute atomic E-state index is 0.164. The Bertz CT molecular complexity index is 1150. The zero-order valence-electron chi connectivity index (χ0n) is 19.6. The summed E-state index contributed by atoms with van der Waals surface area (Å²) in [5.74, 6) is 0.00721. The third-order valence-electron chi connectivity index (χ3n) is 6.20. The summed E-state index contributed by atoms with van der Waals surface area (Å²) in [6, 6.07) is 22.6. The van der Waals surface area contributed by atoms with E-state index in [1.54, 1.807) is 0 Å². The number of hydrogen-bond donors (Lipinski definition) is 3. The molecular weight excluding hydrogens is 424 g/mol. The summed E-state index contributed by atoms with van der Waals surface area (Å²) in [5, 5.41) is 6.41. The fourth-order valence-electron chi connectivity index (χ4n) is 4.39. The molecule has 3 aromatic carbocycles. The number of nitrogens with two attached hydrogens (primary N) is 1. The third kappa shape index (κ3) is 5.64. The van der Waals surface area contributed by atoms with E-state index in [0.717, 1.165) is 53.9 Å². The van der Waals surface area contributed by atoms with Gasteiger partial charge in [0.1, 0.15) is 6.04 Å². The number of hydrogen-bond acceptors (Lipinski definition) is 4. The van der Waals surface area contributed by atoms with Gasteiger partial charge in [0.15, 0.2) is 0 Å². The molecule has 6 nitrogen and oxygen atoms in total. The lowest BCUT2D eigenvalue weighted by molar-refractivity contribution is -0.118. The Morgan fingerprint density at radius 3 is 2.56 bits per heavy atom. The maximum Gasteiger partial charge on any atom is 0.251 e. The van der Waals surface area contributed by atoms with E-state index in [9.17, 15) is 9.59 Å². The monoisotopic (exact) mass is 456 g/mol. The number of carbonyl (C=O) groups is 2. The van der Waals surface area contributed by atoms with Crippen LogP contribution in [0.5, 0.6) is 0 Å². The molecule has 3 aromatic rings. The molecule has 0 saturated carbocycles. The second kappa shape index (κ2) is 11.0. The van der Waals surface area contributed by atoms with Gasteiger partial charge in [-0.25, -0.2) is 0 Å². The fraction of sp³-hybridized carbons (Fsp3) is 0.286. The number of amides is 2. The Hall–Kier alpha value is -3.64. The van der Waals surface area contributed by atoms with Crippen LogP contribution in [0.15, 0.2) is 72.8 Å². The highest BCUT2D eigenvalue weighted by molar-refractivity contribution is 5.98. The molecule has 1 fully saturated rings. The highest BCUT2D eigenvalue weighted by atomic mass is 16.2. The number of carbonyl (C=O) groups excluding carboxylic acids is 2. The molecule has 0 aliphatic carbocycles. The van der Waals surface area contributed by atoms with E-state index in [0.29, 0.717) is 18.7 Å². The molecule has 0 unspecified atom stereocenters. The van der Waals surface area contributed by atoms with Gasteiger partial charge in [-0.2, -0.15) is 0 Å². The first kappa shape index (κ1) is 23.5. The van der Waals surface area contributed by atoms with E-state index in [-0.39, 0.29) is 11.8 Å². The summed E-state index contributed by atoms with van der Waals surface area (Å²) in [7, 11) is 0. The number of rotatable bonds is 7. The molecule has 1 saturated heterocycles. The molecule has 1 aliphatic heterocycles. The quantitative estimate of drug-likeness (QED) is 0.459. The maximum absolute atomic E-state index is 13.4. The summed E-state index contributed by atoms with van der Waals surface area (Å²) in [5.41, 5.74) is 11.1. The van der Waals surface area contributed by atoms with Crippen LogP contribution >= 0.6 is 0 Å². The predicted octanol–water partition coefficient (Wildman–Crippen LogP) is 5.15. The number of anilines is 3. The van der Waals surface area contributed by atoms with Crippen LogP contribution in [0.1, 0.15) is 48.4 Å². The zero-order valence-corrected chi connectivity index (χ0v) is 19.6. The largest absolute Gasteiger partial charge is 0.370 e. The number of nitrogens with one attached hydrogen (secondary N) is 2. The summed E-state index contributed by atoms with van der Waals surface area (Å²) in [6.45, 7) is 3.16. The van der Waals surface area contributed by atoms with Gasteiger partial charge in [-0.15, -0.1) is 0 Å². The molecule has 0 aromatic heterocycles. The molecule has 1 heterocycles. The van der Waals surface area contributed by atoms with Crippen molar-refractivity contribution in [1.29, 1.82) is 0 Å². The summed E-state index contributed by atoms with van der Waals surface area (Å²) < 4.78 is 0. The zero-order chi connectivity index (χ0) is 23.9. The molecule has 1 atom stereocenters. The van der Waals surface area contributed by atoms with Gasteiger partial charge in [-0.05, 0) is 66.8 Å². The van der Waals surface area contributed by atoms with Crippen molar-refractivity contribution in [1.82, 2.24) is 0 Å². The molecule has 0 radical (unpaired) electrons. The molecule has 34 heavy (non-hydrogen) atoms. The highest BCUT2D eigenvalue weighted by Gasteiger charge is 2.23. The van der Waals surface area contributed by atoms with E-state index < -0.39 is 6.04 Å². The van der Waals surface area contributed by atoms with Crippen LogP contribution < -0.4 is 21.3 Å². The van der Waals surface area contributed by atoms with Crippen molar-refractivity contribution in [2.45, 2.75) is 45.2 Å². The smallest absolute Gasteiger partial charge is 0.251 e. The van der Waals surface area contributed by atoms with Crippen LogP contribution in [0, 0.1) is 6.92 Å². The molecule has 1 aliphatic rings. The van der Waals surface area contributed by atoms with Crippen molar-refractivity contribution < 1.29 is 9.59 Å². The lowest BCUT2D eigenvalue weighted by atomic mass is 10.0. The molecule has 6 heteroatoms. The van der Waals surface area contributed by atoms with Gasteiger partial charge >= 0.3 is 0 Å². The van der Waals surface area contributed by atoms with Gasteiger partial charge in [-0.3, -0.25) is 9.59 Å². The summed E-state index contributed by atoms with van der Waals surface area (Å²) >= 11 is 0. The number of aryl methyl sites for hydroxylation is 1. The summed E-state index contributed by atoms with van der Waals surface area (Å²) in [4.78, 5) is 27.8. The summed E-state index contributed by atoms with van der Waals surface area (Å²) in [6.07, 6.45) is 3.63. The van der Waals surface area contributed by atoms with E-state index in [4.69, 9.17) is 5.73 Å². The minimum atomic E-state index is -0.582. The van der Waals surface area contributed by atoms with Crippen molar-refractivity contribution in [3.8, 4) is 0 Å². The SMILES string of the molecule is Cc1cc(NC(=O)[C@@H](Nc2cccc(CN)c2)c2ccccc2)ccc1N1CCCCCC1=O. The molecule has 4 rings (SSSR count). The van der Waals surface area contributed by atoms with Crippen molar-refractivity contribution in [3.05, 3.63) is 89.5 Å². The molecular formula is C28H32N4O2. The molecule has 176 valence electrons. The topological polar surface area (TPSA) is 87.5 Å². The lowest BCUT2D eigenvalue weighted by Gasteiger charge is -2.24. The first-order chi connectivity index (χ1) is 16.5. The Kier molecular flexibility index (Phi) is 7.60. The van der Waals surface area contributed by atoms with Gasteiger partial charge < -0.3 is 21.3 Å². The van der Waals surface area contributed by atoms with Crippen molar-refractivity contribution in [2.75, 3.05) is 22.1 Å². The average molecular weight is 457 g/mol. The Morgan fingerprint density at radius 2 is 1.79 bits per heavy atom. The molecule has 0 bridgehead atoms. The molecule has 0 spiro atoms. The van der Waals surface area contributed by atoms with Gasteiger partial charge in [0.2, 0.25) is 5.91 Å². The van der Waals surface area contributed by atoms with E-state index in [1.807, 2.05) is 84.6 Å². The van der Waals surface area contributed by atoms with Crippen LogP contribution in [-0.2, 0) is 16.1 Å². The minimum Gasteiger partial charge on any atom is -0.370 e. The van der Waals surface area contributed by atoms with Gasteiger partial charge in [-0.1, -0.05) is 48.9 Å². The Balaban J connectivity index is 1.55. The normalized spacial score (nSPS) is 14.9. The Morgan fingerprint density at radius 1 is 0.971 bits per heavy atom. The van der Waals surface area contributed by atoms with Gasteiger partial charge in [0.25, 0.3) is 5.91 Å². The first-order valence-corrected chi connectivity index (χ1v) is 11.9. The molecule has 4 N–H and O–H groups in total. The van der Waals surface area contributed by atoms with Crippen LogP contribution in [0.3, 0.4) is 0 Å². The maximum atomic E-state index is 13.4. The van der Waals surface area contributed by atoms with Gasteiger partial charge in [0, 0.05) is 36.6 Å². The van der Waals surface area contributed by atoms with Gasteiger partial charge in [0.05, 0.1) is 0 Å². The Labute approximate surface area is 201 Å². The lowest BCUT2D eigenvalue weighted by Crippen LogP contribution is -2.30. The van der Waals surface area contributed by atoms with E-state index >= 15 is 0 Å². The third-order valence-corrected chi connectivity index (χ3v) is 6.20. The van der Waals surface area contributed by atoms with Crippen LogP contribution in [0.25, 0.3) is 0 Å². The fourth-order valence-corrected chi connectivity index (χ4v) is 4.39. The second-order valence-corrected chi connectivity index (χ2v) is 8.74. The predicted molar refractivity (Wildman–Crippen MR) is 138 cm³/mol. The van der Waals surface area contributed by atoms with Crippen LogP contribution in [-0.4, -0.2) is 18.4 Å². The highest BCUT2D eigenvalue weighted by Crippen LogP contribution is 2.28. The van der Waals surface area contributed by atoms with E-state index in [1.165, 1.54) is 0 Å². The van der Waals surface area contributed by atoms with Crippen LogP contribution in [0.2, 0.25) is 0 Å². The average Bonchev–Trinajstić information content (AvgIpc) is 3.07. The van der Waals surface area contributed by atoms with Crippen LogP contribution in [0.4, 0.5) is 17.1 Å². The van der Waals surface area contributed by atoms with Crippen molar-refractivity contribution >= 4 is 28.9 Å². The first-order valence-electron chi connectivity index (χ1n) is 11.9. The van der Waals surface area contributed by atoms with Crippen molar-refractivity contribution in [3.63, 3.8) is 0 Å². The van der Waals surface area contributed by atoms with E-state index in [2.05, 4.69) is 10.6 Å². The number of nitrogens with zero attached hydrogens (tertiary/aromatic N) is 1. The second-order valence-electron chi connectivity index (χ2n) is 8.74. The molecule has 2 amide bonds. The van der Waals surface area contributed by atoms with Crippen molar-refractivity contribution in [2.24, 2.45) is 5.73 Å².